The molecule has 2 fully saturated rings. The van der Waals surface area contributed by atoms with Crippen molar-refractivity contribution in [1.82, 2.24) is 9.88 Å². The van der Waals surface area contributed by atoms with Gasteiger partial charge in [-0.3, -0.25) is 4.90 Å². The van der Waals surface area contributed by atoms with E-state index in [9.17, 15) is 0 Å². The molecule has 1 aliphatic carbocycles. The second kappa shape index (κ2) is 2.88. The van der Waals surface area contributed by atoms with Gasteiger partial charge in [0.2, 0.25) is 0 Å². The number of H-pyrrole nitrogens is 1. The summed E-state index contributed by atoms with van der Waals surface area (Å²) in [6.07, 6.45) is 5.01. The standard InChI is InChI=1S/C11H16N2/c1-2-11(12-5-1)8-13-6-10(7-13)9-3-4-9/h1-2,5,9-10,12H,3-4,6-8H2. The molecule has 1 aliphatic heterocycles. The molecule has 3 rings (SSSR count). The number of aromatic nitrogens is 1. The highest BCUT2D eigenvalue weighted by atomic mass is 15.2. The summed E-state index contributed by atoms with van der Waals surface area (Å²) in [7, 11) is 0. The fourth-order valence-corrected chi connectivity index (χ4v) is 2.31. The van der Waals surface area contributed by atoms with Gasteiger partial charge in [-0.15, -0.1) is 0 Å². The molecule has 2 heteroatoms. The first-order valence-corrected chi connectivity index (χ1v) is 5.26. The van der Waals surface area contributed by atoms with Crippen LogP contribution >= 0.6 is 0 Å². The fraction of sp³-hybridized carbons (Fsp3) is 0.636. The summed E-state index contributed by atoms with van der Waals surface area (Å²) in [4.78, 5) is 5.79. The van der Waals surface area contributed by atoms with Crippen molar-refractivity contribution in [3.8, 4) is 0 Å². The van der Waals surface area contributed by atoms with E-state index in [1.807, 2.05) is 6.20 Å². The third-order valence-electron chi connectivity index (χ3n) is 3.33. The Morgan fingerprint density at radius 3 is 2.77 bits per heavy atom. The molecule has 1 N–H and O–H groups in total. The van der Waals surface area contributed by atoms with Crippen molar-refractivity contribution in [3.05, 3.63) is 24.0 Å². The van der Waals surface area contributed by atoms with E-state index >= 15 is 0 Å². The van der Waals surface area contributed by atoms with Crippen LogP contribution in [0.1, 0.15) is 18.5 Å². The number of hydrogen-bond donors (Lipinski definition) is 1. The Labute approximate surface area is 78.9 Å². The van der Waals surface area contributed by atoms with E-state index in [2.05, 4.69) is 22.0 Å². The number of aromatic amines is 1. The smallest absolute Gasteiger partial charge is 0.0385 e. The number of hydrogen-bond acceptors (Lipinski definition) is 1. The van der Waals surface area contributed by atoms with Gasteiger partial charge >= 0.3 is 0 Å². The van der Waals surface area contributed by atoms with Gasteiger partial charge in [0.15, 0.2) is 0 Å². The first-order valence-electron chi connectivity index (χ1n) is 5.26. The van der Waals surface area contributed by atoms with Crippen LogP contribution in [0.25, 0.3) is 0 Å². The van der Waals surface area contributed by atoms with Crippen LogP contribution in [0.2, 0.25) is 0 Å². The van der Waals surface area contributed by atoms with Gasteiger partial charge in [0.1, 0.15) is 0 Å². The van der Waals surface area contributed by atoms with E-state index in [1.54, 1.807) is 0 Å². The van der Waals surface area contributed by atoms with E-state index in [0.717, 1.165) is 18.4 Å². The molecule has 2 aliphatic rings. The zero-order valence-corrected chi connectivity index (χ0v) is 7.87. The molecule has 70 valence electrons. The summed E-state index contributed by atoms with van der Waals surface area (Å²) < 4.78 is 0. The van der Waals surface area contributed by atoms with Crippen molar-refractivity contribution in [2.45, 2.75) is 19.4 Å². The van der Waals surface area contributed by atoms with Crippen molar-refractivity contribution >= 4 is 0 Å². The molecular weight excluding hydrogens is 160 g/mol. The molecule has 0 amide bonds. The van der Waals surface area contributed by atoms with E-state index in [4.69, 9.17) is 0 Å². The second-order valence-electron chi connectivity index (χ2n) is 4.49. The predicted octanol–water partition coefficient (Wildman–Crippen LogP) is 1.86. The summed E-state index contributed by atoms with van der Waals surface area (Å²) in [6.45, 7) is 3.80. The lowest BCUT2D eigenvalue weighted by Crippen LogP contribution is -2.46. The summed E-state index contributed by atoms with van der Waals surface area (Å²) >= 11 is 0. The van der Waals surface area contributed by atoms with Gasteiger partial charge in [-0.05, 0) is 36.8 Å². The zero-order valence-electron chi connectivity index (χ0n) is 7.87. The van der Waals surface area contributed by atoms with Crippen LogP contribution in [0.5, 0.6) is 0 Å². The summed E-state index contributed by atoms with van der Waals surface area (Å²) in [5, 5.41) is 0. The maximum atomic E-state index is 3.25. The van der Waals surface area contributed by atoms with Crippen LogP contribution in [0.4, 0.5) is 0 Å². The predicted molar refractivity (Wildman–Crippen MR) is 52.3 cm³/mol. The van der Waals surface area contributed by atoms with E-state index < -0.39 is 0 Å². The molecule has 2 heterocycles. The van der Waals surface area contributed by atoms with Gasteiger partial charge in [-0.2, -0.15) is 0 Å². The second-order valence-corrected chi connectivity index (χ2v) is 4.49. The van der Waals surface area contributed by atoms with Gasteiger partial charge in [0, 0.05) is 31.5 Å². The molecule has 1 aromatic rings. The number of nitrogens with zero attached hydrogens (tertiary/aromatic N) is 1. The van der Waals surface area contributed by atoms with Crippen LogP contribution in [0, 0.1) is 11.8 Å². The lowest BCUT2D eigenvalue weighted by atomic mass is 9.95. The lowest BCUT2D eigenvalue weighted by Gasteiger charge is -2.39. The van der Waals surface area contributed by atoms with Crippen LogP contribution in [0.15, 0.2) is 18.3 Å². The molecule has 2 nitrogen and oxygen atoms in total. The van der Waals surface area contributed by atoms with Crippen LogP contribution in [-0.2, 0) is 6.54 Å². The monoisotopic (exact) mass is 176 g/mol. The quantitative estimate of drug-likeness (QED) is 0.744. The largest absolute Gasteiger partial charge is 0.364 e. The Kier molecular flexibility index (Phi) is 1.69. The van der Waals surface area contributed by atoms with Crippen molar-refractivity contribution in [1.29, 1.82) is 0 Å². The van der Waals surface area contributed by atoms with Gasteiger partial charge in [-0.25, -0.2) is 0 Å². The Morgan fingerprint density at radius 1 is 1.31 bits per heavy atom. The van der Waals surface area contributed by atoms with Gasteiger partial charge < -0.3 is 4.98 Å². The molecule has 0 atom stereocenters. The first-order chi connectivity index (χ1) is 6.42. The first kappa shape index (κ1) is 7.63. The highest BCUT2D eigenvalue weighted by Gasteiger charge is 2.38. The molecule has 0 aromatic carbocycles. The minimum absolute atomic E-state index is 1.04. The Bertz CT molecular complexity index is 268. The topological polar surface area (TPSA) is 19.0 Å². The zero-order chi connectivity index (χ0) is 8.67. The highest BCUT2D eigenvalue weighted by Crippen LogP contribution is 2.41. The number of nitrogens with one attached hydrogen (secondary N) is 1. The lowest BCUT2D eigenvalue weighted by molar-refractivity contribution is 0.0765. The fourth-order valence-electron chi connectivity index (χ4n) is 2.31. The third-order valence-corrected chi connectivity index (χ3v) is 3.33. The van der Waals surface area contributed by atoms with Gasteiger partial charge in [-0.1, -0.05) is 0 Å². The molecular formula is C11H16N2. The molecule has 0 unspecified atom stereocenters. The van der Waals surface area contributed by atoms with Crippen molar-refractivity contribution in [2.24, 2.45) is 11.8 Å². The summed E-state index contributed by atoms with van der Waals surface area (Å²) in [6, 6.07) is 4.25. The molecule has 1 saturated carbocycles. The minimum Gasteiger partial charge on any atom is -0.364 e. The molecule has 0 bridgehead atoms. The highest BCUT2D eigenvalue weighted by molar-refractivity contribution is 5.04. The average molecular weight is 176 g/mol. The van der Waals surface area contributed by atoms with Crippen LogP contribution in [0.3, 0.4) is 0 Å². The molecule has 0 spiro atoms. The van der Waals surface area contributed by atoms with Crippen molar-refractivity contribution < 1.29 is 0 Å². The minimum atomic E-state index is 1.04. The Morgan fingerprint density at radius 2 is 2.15 bits per heavy atom. The Hall–Kier alpha value is -0.760. The molecule has 13 heavy (non-hydrogen) atoms. The third kappa shape index (κ3) is 1.51. The van der Waals surface area contributed by atoms with Crippen LogP contribution < -0.4 is 0 Å². The molecule has 1 aromatic heterocycles. The SMILES string of the molecule is c1c[nH]c(CN2CC(C3CC3)C2)c1. The van der Waals surface area contributed by atoms with Gasteiger partial charge in [0.05, 0.1) is 0 Å². The molecule has 1 saturated heterocycles. The molecule has 0 radical (unpaired) electrons. The van der Waals surface area contributed by atoms with Crippen LogP contribution in [-0.4, -0.2) is 23.0 Å². The van der Waals surface area contributed by atoms with Crippen molar-refractivity contribution in [2.75, 3.05) is 13.1 Å². The normalized spacial score (nSPS) is 24.6. The summed E-state index contributed by atoms with van der Waals surface area (Å²) in [5.41, 5.74) is 1.36. The Balaban J connectivity index is 1.49. The maximum Gasteiger partial charge on any atom is 0.0385 e. The van der Waals surface area contributed by atoms with Gasteiger partial charge in [0.25, 0.3) is 0 Å². The number of likely N-dealkylation sites (tertiary alicyclic amines) is 1. The summed E-state index contributed by atoms with van der Waals surface area (Å²) in [5.74, 6) is 2.13. The number of rotatable bonds is 3. The average Bonchev–Trinajstić information content (AvgIpc) is 2.75. The van der Waals surface area contributed by atoms with Crippen molar-refractivity contribution in [3.63, 3.8) is 0 Å². The maximum absolute atomic E-state index is 3.25. The van der Waals surface area contributed by atoms with E-state index in [1.165, 1.54) is 31.6 Å². The van der Waals surface area contributed by atoms with E-state index in [-0.39, 0.29) is 0 Å². The van der Waals surface area contributed by atoms with E-state index in [0.29, 0.717) is 0 Å².